The van der Waals surface area contributed by atoms with E-state index in [1.165, 1.54) is 6.42 Å². The molecule has 1 aromatic rings. The monoisotopic (exact) mass is 317 g/mol. The van der Waals surface area contributed by atoms with Gasteiger partial charge in [0.25, 0.3) is 0 Å². The van der Waals surface area contributed by atoms with E-state index in [1.807, 2.05) is 23.1 Å². The van der Waals surface area contributed by atoms with E-state index < -0.39 is 0 Å². The molecule has 1 unspecified atom stereocenters. The van der Waals surface area contributed by atoms with Gasteiger partial charge in [0, 0.05) is 31.5 Å². The first-order valence-electron chi connectivity index (χ1n) is 8.48. The van der Waals surface area contributed by atoms with Crippen molar-refractivity contribution < 1.29 is 19.0 Å². The number of carbonyl (C=O) groups excluding carboxylic acids is 1. The van der Waals surface area contributed by atoms with Gasteiger partial charge in [0.15, 0.2) is 11.5 Å². The lowest BCUT2D eigenvalue weighted by molar-refractivity contribution is -0.134. The van der Waals surface area contributed by atoms with E-state index >= 15 is 0 Å². The minimum absolute atomic E-state index is 0.229. The molecule has 4 rings (SSSR count). The topological polar surface area (TPSA) is 48.0 Å². The molecule has 0 aliphatic carbocycles. The molecule has 1 amide bonds. The average molecular weight is 317 g/mol. The number of hydrogen-bond donors (Lipinski definition) is 0. The van der Waals surface area contributed by atoms with Crippen LogP contribution in [0.3, 0.4) is 0 Å². The van der Waals surface area contributed by atoms with Crippen LogP contribution < -0.4 is 9.47 Å². The summed E-state index contributed by atoms with van der Waals surface area (Å²) in [5.74, 6) is 1.84. The maximum atomic E-state index is 12.6. The SMILES string of the molecule is O=C(CCc1ccc2c(c1)OCO2)N1CCCC2(CCOC2)C1. The first kappa shape index (κ1) is 14.8. The lowest BCUT2D eigenvalue weighted by Crippen LogP contribution is -2.46. The third-order valence-corrected chi connectivity index (χ3v) is 5.26. The summed E-state index contributed by atoms with van der Waals surface area (Å²) in [6.07, 6.45) is 4.68. The molecule has 23 heavy (non-hydrogen) atoms. The van der Waals surface area contributed by atoms with Gasteiger partial charge in [0.2, 0.25) is 12.7 Å². The molecular formula is C18H23NO4. The molecule has 2 saturated heterocycles. The summed E-state index contributed by atoms with van der Waals surface area (Å²) in [5.41, 5.74) is 1.35. The van der Waals surface area contributed by atoms with Crippen molar-refractivity contribution >= 4 is 5.91 Å². The van der Waals surface area contributed by atoms with Gasteiger partial charge in [0.1, 0.15) is 0 Å². The maximum Gasteiger partial charge on any atom is 0.231 e. The van der Waals surface area contributed by atoms with Crippen LogP contribution in [0.5, 0.6) is 11.5 Å². The Kier molecular flexibility index (Phi) is 3.89. The Hall–Kier alpha value is -1.75. The summed E-state index contributed by atoms with van der Waals surface area (Å²) < 4.78 is 16.3. The van der Waals surface area contributed by atoms with Gasteiger partial charge < -0.3 is 19.1 Å². The van der Waals surface area contributed by atoms with Crippen LogP contribution in [-0.2, 0) is 16.0 Å². The summed E-state index contributed by atoms with van der Waals surface area (Å²) in [4.78, 5) is 14.6. The number of aryl methyl sites for hydroxylation is 1. The Labute approximate surface area is 136 Å². The summed E-state index contributed by atoms with van der Waals surface area (Å²) in [5, 5.41) is 0. The zero-order valence-electron chi connectivity index (χ0n) is 13.4. The molecule has 3 heterocycles. The molecule has 3 aliphatic heterocycles. The molecular weight excluding hydrogens is 294 g/mol. The van der Waals surface area contributed by atoms with Crippen LogP contribution >= 0.6 is 0 Å². The molecule has 124 valence electrons. The van der Waals surface area contributed by atoms with Crippen LogP contribution in [0.15, 0.2) is 18.2 Å². The maximum absolute atomic E-state index is 12.6. The number of ether oxygens (including phenoxy) is 3. The highest BCUT2D eigenvalue weighted by Gasteiger charge is 2.40. The fraction of sp³-hybridized carbons (Fsp3) is 0.611. The average Bonchev–Trinajstić information content (AvgIpc) is 3.21. The number of benzene rings is 1. The van der Waals surface area contributed by atoms with Crippen molar-refractivity contribution in [3.8, 4) is 11.5 Å². The van der Waals surface area contributed by atoms with Gasteiger partial charge in [-0.25, -0.2) is 0 Å². The second-order valence-electron chi connectivity index (χ2n) is 6.91. The Balaban J connectivity index is 1.34. The number of hydrogen-bond acceptors (Lipinski definition) is 4. The van der Waals surface area contributed by atoms with E-state index in [2.05, 4.69) is 0 Å². The molecule has 1 aromatic carbocycles. The van der Waals surface area contributed by atoms with Crippen LogP contribution in [-0.4, -0.2) is 43.9 Å². The second kappa shape index (κ2) is 6.04. The molecule has 0 N–H and O–H groups in total. The van der Waals surface area contributed by atoms with Gasteiger partial charge >= 0.3 is 0 Å². The van der Waals surface area contributed by atoms with E-state index in [1.54, 1.807) is 0 Å². The smallest absolute Gasteiger partial charge is 0.231 e. The Bertz CT molecular complexity index is 595. The van der Waals surface area contributed by atoms with E-state index in [4.69, 9.17) is 14.2 Å². The molecule has 1 atom stereocenters. The standard InChI is InChI=1S/C18H23NO4/c20-17(19-8-1-6-18(11-19)7-9-21-12-18)5-3-14-2-4-15-16(10-14)23-13-22-15/h2,4,10H,1,3,5-9,11-13H2. The first-order valence-corrected chi connectivity index (χ1v) is 8.48. The quantitative estimate of drug-likeness (QED) is 0.859. The van der Waals surface area contributed by atoms with Crippen molar-refractivity contribution in [2.45, 2.75) is 32.1 Å². The van der Waals surface area contributed by atoms with E-state index in [-0.39, 0.29) is 18.1 Å². The van der Waals surface area contributed by atoms with Crippen molar-refractivity contribution in [2.24, 2.45) is 5.41 Å². The fourth-order valence-corrected chi connectivity index (χ4v) is 3.90. The van der Waals surface area contributed by atoms with Crippen molar-refractivity contribution in [3.63, 3.8) is 0 Å². The van der Waals surface area contributed by atoms with Crippen molar-refractivity contribution in [3.05, 3.63) is 23.8 Å². The number of piperidine rings is 1. The Morgan fingerprint density at radius 3 is 3.00 bits per heavy atom. The largest absolute Gasteiger partial charge is 0.454 e. The molecule has 2 fully saturated rings. The van der Waals surface area contributed by atoms with Crippen LogP contribution in [0.4, 0.5) is 0 Å². The summed E-state index contributed by atoms with van der Waals surface area (Å²) in [6, 6.07) is 5.93. The molecule has 5 nitrogen and oxygen atoms in total. The Morgan fingerprint density at radius 1 is 1.22 bits per heavy atom. The summed E-state index contributed by atoms with van der Waals surface area (Å²) in [6.45, 7) is 3.71. The highest BCUT2D eigenvalue weighted by molar-refractivity contribution is 5.76. The number of fused-ring (bicyclic) bond motifs is 1. The number of carbonyl (C=O) groups is 1. The minimum Gasteiger partial charge on any atom is -0.454 e. The van der Waals surface area contributed by atoms with Gasteiger partial charge in [-0.05, 0) is 43.4 Å². The number of amides is 1. The van der Waals surface area contributed by atoms with Crippen LogP contribution in [0.2, 0.25) is 0 Å². The third kappa shape index (κ3) is 3.02. The molecule has 0 radical (unpaired) electrons. The predicted octanol–water partition coefficient (Wildman–Crippen LogP) is 2.38. The fourth-order valence-electron chi connectivity index (χ4n) is 3.90. The number of likely N-dealkylation sites (tertiary alicyclic amines) is 1. The first-order chi connectivity index (χ1) is 11.2. The predicted molar refractivity (Wildman–Crippen MR) is 84.6 cm³/mol. The van der Waals surface area contributed by atoms with Gasteiger partial charge in [0.05, 0.1) is 6.61 Å². The van der Waals surface area contributed by atoms with Crippen LogP contribution in [0.1, 0.15) is 31.2 Å². The van der Waals surface area contributed by atoms with Crippen molar-refractivity contribution in [1.82, 2.24) is 4.90 Å². The molecule has 0 aromatic heterocycles. The van der Waals surface area contributed by atoms with E-state index in [0.717, 1.165) is 62.6 Å². The lowest BCUT2D eigenvalue weighted by atomic mass is 9.79. The summed E-state index contributed by atoms with van der Waals surface area (Å²) in [7, 11) is 0. The van der Waals surface area contributed by atoms with Crippen molar-refractivity contribution in [1.29, 1.82) is 0 Å². The lowest BCUT2D eigenvalue weighted by Gasteiger charge is -2.39. The number of nitrogens with zero attached hydrogens (tertiary/aromatic N) is 1. The van der Waals surface area contributed by atoms with Crippen LogP contribution in [0, 0.1) is 5.41 Å². The zero-order chi connectivity index (χ0) is 15.7. The van der Waals surface area contributed by atoms with Crippen molar-refractivity contribution in [2.75, 3.05) is 33.1 Å². The van der Waals surface area contributed by atoms with Gasteiger partial charge in [-0.3, -0.25) is 4.79 Å². The number of rotatable bonds is 3. The summed E-state index contributed by atoms with van der Waals surface area (Å²) >= 11 is 0. The van der Waals surface area contributed by atoms with Gasteiger partial charge in [-0.15, -0.1) is 0 Å². The second-order valence-corrected chi connectivity index (χ2v) is 6.91. The highest BCUT2D eigenvalue weighted by Crippen LogP contribution is 2.38. The minimum atomic E-state index is 0.229. The van der Waals surface area contributed by atoms with Gasteiger partial charge in [-0.2, -0.15) is 0 Å². The van der Waals surface area contributed by atoms with E-state index in [0.29, 0.717) is 6.42 Å². The third-order valence-electron chi connectivity index (χ3n) is 5.26. The van der Waals surface area contributed by atoms with Gasteiger partial charge in [-0.1, -0.05) is 6.07 Å². The zero-order valence-corrected chi connectivity index (χ0v) is 13.4. The molecule has 0 bridgehead atoms. The molecule has 3 aliphatic rings. The molecule has 1 spiro atoms. The van der Waals surface area contributed by atoms with Crippen LogP contribution in [0.25, 0.3) is 0 Å². The highest BCUT2D eigenvalue weighted by atomic mass is 16.7. The normalized spacial score (nSPS) is 26.0. The molecule has 5 heteroatoms. The molecule has 0 saturated carbocycles. The van der Waals surface area contributed by atoms with E-state index in [9.17, 15) is 4.79 Å². The Morgan fingerprint density at radius 2 is 2.13 bits per heavy atom.